The maximum absolute atomic E-state index is 2.42. The molecule has 0 radical (unpaired) electrons. The molecule has 0 aliphatic carbocycles. The number of hydrogen-bond acceptors (Lipinski definition) is 0. The lowest BCUT2D eigenvalue weighted by atomic mass is 9.97. The first-order chi connectivity index (χ1) is 28.5. The van der Waals surface area contributed by atoms with E-state index < -0.39 is 18.1 Å². The summed E-state index contributed by atoms with van der Waals surface area (Å²) < 4.78 is 2.41. The Balaban J connectivity index is 1.21. The SMILES string of the molecule is C[Si](C)(C)c1ccc(-c2cc(-c3ccc(S(C)(C)C)cc3)cc(-n3cc(-c4ccc(-c5ccccc5)cc4)c4cc(-c5ccc(-c6ccccc6)cc5)ccc43)c2)cc1. The molecule has 0 saturated heterocycles. The van der Waals surface area contributed by atoms with E-state index in [1.807, 2.05) is 0 Å². The van der Waals surface area contributed by atoms with Crippen LogP contribution in [0.1, 0.15) is 0 Å². The Morgan fingerprint density at radius 3 is 1.27 bits per heavy atom. The van der Waals surface area contributed by atoms with Gasteiger partial charge in [-0.25, -0.2) is 10.0 Å². The lowest BCUT2D eigenvalue weighted by Gasteiger charge is -2.25. The van der Waals surface area contributed by atoms with Gasteiger partial charge in [0.25, 0.3) is 0 Å². The summed E-state index contributed by atoms with van der Waals surface area (Å²) in [6.07, 6.45) is 9.44. The van der Waals surface area contributed by atoms with Crippen molar-refractivity contribution in [1.82, 2.24) is 4.57 Å². The van der Waals surface area contributed by atoms with Gasteiger partial charge in [-0.1, -0.05) is 176 Å². The molecular formula is C56H51NSSi. The van der Waals surface area contributed by atoms with Crippen molar-refractivity contribution in [2.24, 2.45) is 0 Å². The van der Waals surface area contributed by atoms with E-state index in [4.69, 9.17) is 0 Å². The summed E-state index contributed by atoms with van der Waals surface area (Å²) in [7, 11) is -2.26. The molecule has 0 atom stereocenters. The first-order valence-corrected chi connectivity index (χ1v) is 26.9. The minimum absolute atomic E-state index is 0.826. The zero-order valence-corrected chi connectivity index (χ0v) is 36.7. The van der Waals surface area contributed by atoms with E-state index in [0.29, 0.717) is 0 Å². The van der Waals surface area contributed by atoms with Crippen LogP contribution >= 0.6 is 10.0 Å². The van der Waals surface area contributed by atoms with Gasteiger partial charge in [-0.3, -0.25) is 0 Å². The molecule has 1 aromatic heterocycles. The summed E-state index contributed by atoms with van der Waals surface area (Å²) in [5.41, 5.74) is 16.9. The van der Waals surface area contributed by atoms with Gasteiger partial charge in [-0.15, -0.1) is 0 Å². The Morgan fingerprint density at radius 2 is 0.780 bits per heavy atom. The normalized spacial score (nSPS) is 12.2. The molecule has 0 fully saturated rings. The molecule has 0 saturated carbocycles. The van der Waals surface area contributed by atoms with Crippen LogP contribution in [-0.4, -0.2) is 31.4 Å². The van der Waals surface area contributed by atoms with E-state index in [9.17, 15) is 0 Å². The van der Waals surface area contributed by atoms with Gasteiger partial charge in [-0.2, -0.15) is 0 Å². The summed E-state index contributed by atoms with van der Waals surface area (Å²) in [6.45, 7) is 7.25. The Kier molecular flexibility index (Phi) is 10.1. The van der Waals surface area contributed by atoms with Gasteiger partial charge in [0.1, 0.15) is 0 Å². The number of rotatable bonds is 9. The fraction of sp³-hybridized carbons (Fsp3) is 0.107. The molecule has 3 heteroatoms. The molecule has 0 spiro atoms. The fourth-order valence-electron chi connectivity index (χ4n) is 8.11. The number of aromatic nitrogens is 1. The maximum Gasteiger partial charge on any atom is 0.0775 e. The highest BCUT2D eigenvalue weighted by Gasteiger charge is 2.18. The second kappa shape index (κ2) is 15.6. The Bertz CT molecular complexity index is 2800. The van der Waals surface area contributed by atoms with E-state index in [1.54, 1.807) is 0 Å². The molecular weight excluding hydrogens is 747 g/mol. The average molecular weight is 798 g/mol. The smallest absolute Gasteiger partial charge is 0.0775 e. The zero-order chi connectivity index (χ0) is 40.7. The highest BCUT2D eigenvalue weighted by molar-refractivity contribution is 8.32. The van der Waals surface area contributed by atoms with Crippen LogP contribution in [0.5, 0.6) is 0 Å². The molecule has 1 nitrogen and oxygen atoms in total. The second-order valence-corrected chi connectivity index (χ2v) is 26.7. The Hall–Kier alpha value is -6.13. The molecule has 59 heavy (non-hydrogen) atoms. The van der Waals surface area contributed by atoms with E-state index in [1.165, 1.54) is 87.7 Å². The maximum atomic E-state index is 2.42. The van der Waals surface area contributed by atoms with Gasteiger partial charge in [0.05, 0.1) is 13.6 Å². The molecule has 0 bridgehead atoms. The molecule has 8 aromatic carbocycles. The molecule has 290 valence electrons. The van der Waals surface area contributed by atoms with Crippen LogP contribution in [0, 0.1) is 0 Å². The van der Waals surface area contributed by atoms with E-state index >= 15 is 0 Å². The van der Waals surface area contributed by atoms with Crippen molar-refractivity contribution in [2.45, 2.75) is 24.5 Å². The van der Waals surface area contributed by atoms with Crippen LogP contribution < -0.4 is 5.19 Å². The van der Waals surface area contributed by atoms with Gasteiger partial charge in [0, 0.05) is 22.8 Å². The minimum Gasteiger partial charge on any atom is -0.316 e. The monoisotopic (exact) mass is 797 g/mol. The lowest BCUT2D eigenvalue weighted by Crippen LogP contribution is -2.37. The quantitative estimate of drug-likeness (QED) is 0.128. The Labute approximate surface area is 353 Å². The average Bonchev–Trinajstić information content (AvgIpc) is 3.65. The molecule has 0 aliphatic heterocycles. The van der Waals surface area contributed by atoms with Gasteiger partial charge in [0.2, 0.25) is 0 Å². The highest BCUT2D eigenvalue weighted by atomic mass is 32.3. The van der Waals surface area contributed by atoms with Crippen LogP contribution in [0.2, 0.25) is 19.6 Å². The lowest BCUT2D eigenvalue weighted by molar-refractivity contribution is 1.13. The van der Waals surface area contributed by atoms with Crippen molar-refractivity contribution < 1.29 is 0 Å². The second-order valence-electron chi connectivity index (χ2n) is 17.5. The molecule has 0 amide bonds. The molecule has 1 heterocycles. The predicted octanol–water partition coefficient (Wildman–Crippen LogP) is 15.2. The summed E-state index contributed by atoms with van der Waals surface area (Å²) in [6, 6.07) is 72.0. The standard InChI is InChI=1S/C56H51NSSi/c1-58(2,3)52-30-25-45(26-31-52)49-35-50(46-27-32-53(33-28-46)59(4,5)6)37-51(36-49)57-39-55(47-23-21-43(22-24-47)41-15-11-8-12-16-41)54-38-48(29-34-56(54)57)44-19-17-42(18-20-44)40-13-9-7-10-14-40/h7-39H,1-6H3. The van der Waals surface area contributed by atoms with Crippen molar-refractivity contribution in [1.29, 1.82) is 0 Å². The number of nitrogens with zero attached hydrogens (tertiary/aromatic N) is 1. The van der Waals surface area contributed by atoms with Crippen LogP contribution in [0.15, 0.2) is 205 Å². The van der Waals surface area contributed by atoms with E-state index in [-0.39, 0.29) is 0 Å². The number of fused-ring (bicyclic) bond motifs is 1. The molecule has 9 rings (SSSR count). The summed E-state index contributed by atoms with van der Waals surface area (Å²) in [4.78, 5) is 1.42. The zero-order valence-electron chi connectivity index (χ0n) is 34.9. The Morgan fingerprint density at radius 1 is 0.373 bits per heavy atom. The van der Waals surface area contributed by atoms with Crippen molar-refractivity contribution >= 4 is 34.2 Å². The van der Waals surface area contributed by atoms with Crippen molar-refractivity contribution in [2.75, 3.05) is 18.8 Å². The van der Waals surface area contributed by atoms with Gasteiger partial charge in [0.15, 0.2) is 0 Å². The van der Waals surface area contributed by atoms with Gasteiger partial charge in [-0.05, 0) is 127 Å². The molecule has 0 aliphatic rings. The van der Waals surface area contributed by atoms with Crippen LogP contribution in [0.25, 0.3) is 83.4 Å². The van der Waals surface area contributed by atoms with Crippen LogP contribution in [-0.2, 0) is 0 Å². The predicted molar refractivity (Wildman–Crippen MR) is 262 cm³/mol. The molecule has 0 unspecified atom stereocenters. The largest absolute Gasteiger partial charge is 0.316 e. The van der Waals surface area contributed by atoms with E-state index in [2.05, 4.69) is 243 Å². The van der Waals surface area contributed by atoms with E-state index in [0.717, 1.165) is 5.69 Å². The van der Waals surface area contributed by atoms with Gasteiger partial charge < -0.3 is 4.57 Å². The van der Waals surface area contributed by atoms with Gasteiger partial charge >= 0.3 is 0 Å². The van der Waals surface area contributed by atoms with Crippen LogP contribution in [0.3, 0.4) is 0 Å². The third kappa shape index (κ3) is 8.01. The van der Waals surface area contributed by atoms with Crippen molar-refractivity contribution in [3.05, 3.63) is 200 Å². The minimum atomic E-state index is -1.44. The topological polar surface area (TPSA) is 4.93 Å². The first kappa shape index (κ1) is 38.4. The summed E-state index contributed by atoms with van der Waals surface area (Å²) in [5.74, 6) is 0. The molecule has 9 aromatic rings. The molecule has 0 N–H and O–H groups in total. The van der Waals surface area contributed by atoms with Crippen LogP contribution in [0.4, 0.5) is 0 Å². The summed E-state index contributed by atoms with van der Waals surface area (Å²) in [5, 5.41) is 2.70. The fourth-order valence-corrected chi connectivity index (χ4v) is 10.2. The number of hydrogen-bond donors (Lipinski definition) is 0. The third-order valence-electron chi connectivity index (χ3n) is 11.6. The first-order valence-electron chi connectivity index (χ1n) is 20.5. The highest BCUT2D eigenvalue weighted by Crippen LogP contribution is 2.46. The van der Waals surface area contributed by atoms with Crippen molar-refractivity contribution in [3.63, 3.8) is 0 Å². The summed E-state index contributed by atoms with van der Waals surface area (Å²) >= 11 is 0. The number of benzene rings is 8. The third-order valence-corrected chi connectivity index (χ3v) is 15.4. The van der Waals surface area contributed by atoms with Crippen molar-refractivity contribution in [3.8, 4) is 72.4 Å².